The van der Waals surface area contributed by atoms with Crippen molar-refractivity contribution >= 4 is 11.4 Å². The minimum atomic E-state index is 0.0998. The predicted octanol–water partition coefficient (Wildman–Crippen LogP) is 5.49. The molecule has 2 unspecified atom stereocenters. The van der Waals surface area contributed by atoms with Crippen LogP contribution >= 0.6 is 0 Å². The monoisotopic (exact) mass is 332 g/mol. The van der Waals surface area contributed by atoms with Crippen molar-refractivity contribution in [2.45, 2.75) is 39.5 Å². The van der Waals surface area contributed by atoms with Gasteiger partial charge in [-0.1, -0.05) is 43.3 Å². The molecular formula is C23H24O2. The van der Waals surface area contributed by atoms with E-state index in [4.69, 9.17) is 0 Å². The van der Waals surface area contributed by atoms with E-state index in [1.54, 1.807) is 0 Å². The van der Waals surface area contributed by atoms with Crippen molar-refractivity contribution < 1.29 is 9.90 Å². The van der Waals surface area contributed by atoms with Crippen molar-refractivity contribution in [1.82, 2.24) is 0 Å². The number of aliphatic hydroxyl groups excluding tert-OH is 1. The molecule has 2 heteroatoms. The smallest absolute Gasteiger partial charge is 0.169 e. The van der Waals surface area contributed by atoms with Crippen LogP contribution in [0.4, 0.5) is 0 Å². The van der Waals surface area contributed by atoms with Crippen LogP contribution in [0.5, 0.6) is 0 Å². The Hall–Kier alpha value is -2.35. The molecule has 2 aromatic rings. The van der Waals surface area contributed by atoms with Gasteiger partial charge < -0.3 is 5.11 Å². The maximum Gasteiger partial charge on any atom is 0.169 e. The molecule has 0 saturated heterocycles. The van der Waals surface area contributed by atoms with E-state index in [1.165, 1.54) is 5.56 Å². The number of rotatable bonds is 3. The molecule has 0 aliphatic heterocycles. The second kappa shape index (κ2) is 6.18. The van der Waals surface area contributed by atoms with Gasteiger partial charge in [-0.25, -0.2) is 0 Å². The molecule has 0 aromatic heterocycles. The van der Waals surface area contributed by atoms with E-state index >= 15 is 0 Å². The van der Waals surface area contributed by atoms with Crippen molar-refractivity contribution in [2.75, 3.05) is 0 Å². The molecule has 0 radical (unpaired) electrons. The van der Waals surface area contributed by atoms with Crippen molar-refractivity contribution in [3.63, 3.8) is 0 Å². The standard InChI is InChI=1S/C23H24O2/c1-3-15-5-8-16(9-6-15)17-7-4-14(2)20(13-17)21-22(24)18-10-11-19(12-18)23(21)25/h4-9,13,18-19,24H,3,10-12H2,1-2H3. The number of aryl methyl sites for hydroxylation is 2. The van der Waals surface area contributed by atoms with Gasteiger partial charge in [-0.15, -0.1) is 0 Å². The number of Topliss-reactive ketones (excluding diaryl/α,β-unsaturated/α-hetero) is 1. The van der Waals surface area contributed by atoms with Crippen LogP contribution in [-0.4, -0.2) is 10.9 Å². The van der Waals surface area contributed by atoms with Gasteiger partial charge in [-0.05, 0) is 66.5 Å². The Kier molecular flexibility index (Phi) is 3.99. The van der Waals surface area contributed by atoms with E-state index < -0.39 is 0 Å². The van der Waals surface area contributed by atoms with Gasteiger partial charge in [0.1, 0.15) is 5.76 Å². The predicted molar refractivity (Wildman–Crippen MR) is 101 cm³/mol. The third-order valence-electron chi connectivity index (χ3n) is 5.90. The molecule has 4 rings (SSSR count). The quantitative estimate of drug-likeness (QED) is 0.806. The second-order valence-electron chi connectivity index (χ2n) is 7.41. The highest BCUT2D eigenvalue weighted by atomic mass is 16.3. The number of aliphatic hydroxyl groups is 1. The molecule has 1 saturated carbocycles. The largest absolute Gasteiger partial charge is 0.511 e. The van der Waals surface area contributed by atoms with Crippen LogP contribution in [0.15, 0.2) is 48.2 Å². The minimum absolute atomic E-state index is 0.0998. The van der Waals surface area contributed by atoms with E-state index in [1.807, 2.05) is 6.92 Å². The average molecular weight is 332 g/mol. The van der Waals surface area contributed by atoms with Crippen molar-refractivity contribution in [1.29, 1.82) is 0 Å². The summed E-state index contributed by atoms with van der Waals surface area (Å²) in [6.07, 6.45) is 3.69. The summed E-state index contributed by atoms with van der Waals surface area (Å²) in [7, 11) is 0. The molecule has 0 spiro atoms. The third kappa shape index (κ3) is 2.70. The number of hydrogen-bond acceptors (Lipinski definition) is 2. The second-order valence-corrected chi connectivity index (χ2v) is 7.41. The zero-order valence-electron chi connectivity index (χ0n) is 14.9. The Morgan fingerprint density at radius 1 is 1.00 bits per heavy atom. The molecule has 0 heterocycles. The van der Waals surface area contributed by atoms with E-state index in [2.05, 4.69) is 49.4 Å². The molecule has 2 atom stereocenters. The van der Waals surface area contributed by atoms with Crippen LogP contribution in [0.1, 0.15) is 42.9 Å². The van der Waals surface area contributed by atoms with E-state index in [0.29, 0.717) is 11.3 Å². The highest BCUT2D eigenvalue weighted by molar-refractivity contribution is 6.23. The number of fused-ring (bicyclic) bond motifs is 2. The Bertz CT molecular complexity index is 858. The molecule has 2 nitrogen and oxygen atoms in total. The first kappa shape index (κ1) is 16.1. The number of ketones is 1. The zero-order chi connectivity index (χ0) is 17.6. The Morgan fingerprint density at radius 2 is 1.68 bits per heavy atom. The number of hydrogen-bond donors (Lipinski definition) is 1. The number of carbonyl (C=O) groups excluding carboxylic acids is 1. The molecule has 25 heavy (non-hydrogen) atoms. The van der Waals surface area contributed by atoms with Crippen molar-refractivity contribution in [3.05, 3.63) is 64.9 Å². The highest BCUT2D eigenvalue weighted by Crippen LogP contribution is 2.46. The Balaban J connectivity index is 1.80. The summed E-state index contributed by atoms with van der Waals surface area (Å²) in [5.74, 6) is 0.723. The van der Waals surface area contributed by atoms with Gasteiger partial charge in [0.25, 0.3) is 0 Å². The number of carbonyl (C=O) groups is 1. The fraction of sp³-hybridized carbons (Fsp3) is 0.348. The normalized spacial score (nSPS) is 22.6. The summed E-state index contributed by atoms with van der Waals surface area (Å²) in [6, 6.07) is 14.8. The van der Waals surface area contributed by atoms with Crippen LogP contribution in [-0.2, 0) is 11.2 Å². The molecule has 2 bridgehead atoms. The summed E-state index contributed by atoms with van der Waals surface area (Å²) in [6.45, 7) is 4.17. The van der Waals surface area contributed by atoms with Gasteiger partial charge in [0.2, 0.25) is 0 Å². The maximum atomic E-state index is 12.9. The summed E-state index contributed by atoms with van der Waals surface area (Å²) < 4.78 is 0. The lowest BCUT2D eigenvalue weighted by molar-refractivity contribution is -0.117. The van der Waals surface area contributed by atoms with E-state index in [0.717, 1.165) is 47.9 Å². The van der Waals surface area contributed by atoms with Crippen LogP contribution in [0.3, 0.4) is 0 Å². The molecular weight excluding hydrogens is 308 g/mol. The van der Waals surface area contributed by atoms with E-state index in [9.17, 15) is 9.90 Å². The summed E-state index contributed by atoms with van der Waals surface area (Å²) in [5, 5.41) is 10.7. The fourth-order valence-electron chi connectivity index (χ4n) is 4.28. The molecule has 0 amide bonds. The first-order valence-electron chi connectivity index (χ1n) is 9.26. The highest BCUT2D eigenvalue weighted by Gasteiger charge is 2.41. The Morgan fingerprint density at radius 3 is 2.40 bits per heavy atom. The lowest BCUT2D eigenvalue weighted by atomic mass is 9.81. The first-order chi connectivity index (χ1) is 12.1. The van der Waals surface area contributed by atoms with Gasteiger partial charge in [0, 0.05) is 11.8 Å². The number of allylic oxidation sites excluding steroid dienone is 2. The van der Waals surface area contributed by atoms with Crippen LogP contribution in [0.25, 0.3) is 16.7 Å². The summed E-state index contributed by atoms with van der Waals surface area (Å²) in [4.78, 5) is 12.9. The molecule has 128 valence electrons. The summed E-state index contributed by atoms with van der Waals surface area (Å²) in [5.41, 5.74) is 6.07. The van der Waals surface area contributed by atoms with Crippen LogP contribution < -0.4 is 0 Å². The van der Waals surface area contributed by atoms with Crippen LogP contribution in [0.2, 0.25) is 0 Å². The van der Waals surface area contributed by atoms with Gasteiger partial charge >= 0.3 is 0 Å². The maximum absolute atomic E-state index is 12.9. The minimum Gasteiger partial charge on any atom is -0.511 e. The molecule has 2 aliphatic carbocycles. The van der Waals surface area contributed by atoms with Crippen LogP contribution in [0, 0.1) is 18.8 Å². The van der Waals surface area contributed by atoms with Gasteiger partial charge in [0.05, 0.1) is 5.57 Å². The summed E-state index contributed by atoms with van der Waals surface area (Å²) >= 11 is 0. The lowest BCUT2D eigenvalue weighted by Gasteiger charge is -2.23. The van der Waals surface area contributed by atoms with Gasteiger partial charge in [-0.3, -0.25) is 4.79 Å². The molecule has 1 N–H and O–H groups in total. The third-order valence-corrected chi connectivity index (χ3v) is 5.90. The lowest BCUT2D eigenvalue weighted by Crippen LogP contribution is -2.21. The average Bonchev–Trinajstić information content (AvgIpc) is 3.09. The molecule has 2 aliphatic rings. The Labute approximate surface area is 149 Å². The topological polar surface area (TPSA) is 37.3 Å². The van der Waals surface area contributed by atoms with Gasteiger partial charge in [-0.2, -0.15) is 0 Å². The fourth-order valence-corrected chi connectivity index (χ4v) is 4.28. The van der Waals surface area contributed by atoms with Gasteiger partial charge in [0.15, 0.2) is 5.78 Å². The zero-order valence-corrected chi connectivity index (χ0v) is 14.9. The van der Waals surface area contributed by atoms with Crippen molar-refractivity contribution in [3.8, 4) is 11.1 Å². The van der Waals surface area contributed by atoms with Crippen molar-refractivity contribution in [2.24, 2.45) is 11.8 Å². The molecule has 2 aromatic carbocycles. The first-order valence-corrected chi connectivity index (χ1v) is 9.26. The number of benzene rings is 2. The van der Waals surface area contributed by atoms with E-state index in [-0.39, 0.29) is 17.6 Å². The molecule has 1 fully saturated rings. The SMILES string of the molecule is CCc1ccc(-c2ccc(C)c(C3=C(O)C4CCC(C4)C3=O)c2)cc1.